The molecule has 124 valence electrons. The van der Waals surface area contributed by atoms with E-state index in [-0.39, 0.29) is 12.5 Å². The van der Waals surface area contributed by atoms with Crippen molar-refractivity contribution < 1.29 is 18.7 Å². The number of benzene rings is 1. The smallest absolute Gasteiger partial charge is 0.336 e. The Hall–Kier alpha value is -2.05. The molecular formula is C16H18ClNO5. The Morgan fingerprint density at radius 3 is 2.87 bits per heavy atom. The first-order valence-corrected chi connectivity index (χ1v) is 7.51. The maximum Gasteiger partial charge on any atom is 0.336 e. The van der Waals surface area contributed by atoms with Crippen LogP contribution in [0, 0.1) is 6.92 Å². The largest absolute Gasteiger partial charge is 0.482 e. The van der Waals surface area contributed by atoms with Crippen molar-refractivity contribution in [3.8, 4) is 5.75 Å². The standard InChI is InChI=1S/C16H18ClNO5/c1-10-6-16(20)23-13-8-14(12(17)7-11(10)13)22-9-15(19)18-4-3-5-21-2/h6-8H,3-5,9H2,1-2H3,(H,18,19). The number of amides is 1. The van der Waals surface area contributed by atoms with Crippen LogP contribution in [0.5, 0.6) is 5.75 Å². The Kier molecular flexibility index (Phi) is 6.01. The summed E-state index contributed by atoms with van der Waals surface area (Å²) in [6.45, 7) is 2.71. The molecule has 7 heteroatoms. The number of carbonyl (C=O) groups is 1. The van der Waals surface area contributed by atoms with E-state index in [2.05, 4.69) is 5.32 Å². The summed E-state index contributed by atoms with van der Waals surface area (Å²) in [5, 5.41) is 3.78. The number of fused-ring (bicyclic) bond motifs is 1. The monoisotopic (exact) mass is 339 g/mol. The second-order valence-electron chi connectivity index (χ2n) is 5.01. The van der Waals surface area contributed by atoms with Gasteiger partial charge in [-0.3, -0.25) is 4.79 Å². The predicted molar refractivity (Wildman–Crippen MR) is 87.2 cm³/mol. The van der Waals surface area contributed by atoms with Crippen LogP contribution < -0.4 is 15.7 Å². The highest BCUT2D eigenvalue weighted by Gasteiger charge is 2.10. The number of nitrogens with one attached hydrogen (secondary N) is 1. The van der Waals surface area contributed by atoms with Gasteiger partial charge in [0.1, 0.15) is 11.3 Å². The Bertz CT molecular complexity index is 756. The van der Waals surface area contributed by atoms with Crippen LogP contribution in [0.4, 0.5) is 0 Å². The summed E-state index contributed by atoms with van der Waals surface area (Å²) < 4.78 is 15.4. The molecule has 0 unspecified atom stereocenters. The molecule has 0 aliphatic rings. The first-order valence-electron chi connectivity index (χ1n) is 7.13. The maximum atomic E-state index is 11.7. The molecule has 1 aromatic heterocycles. The molecule has 0 bridgehead atoms. The van der Waals surface area contributed by atoms with Gasteiger partial charge in [-0.2, -0.15) is 0 Å². The predicted octanol–water partition coefficient (Wildman–Crippen LogP) is 2.29. The van der Waals surface area contributed by atoms with E-state index < -0.39 is 5.63 Å². The van der Waals surface area contributed by atoms with Gasteiger partial charge in [-0.1, -0.05) is 11.6 Å². The minimum Gasteiger partial charge on any atom is -0.482 e. The van der Waals surface area contributed by atoms with Crippen molar-refractivity contribution in [2.45, 2.75) is 13.3 Å². The molecule has 2 aromatic rings. The van der Waals surface area contributed by atoms with Crippen molar-refractivity contribution in [1.29, 1.82) is 0 Å². The fraction of sp³-hybridized carbons (Fsp3) is 0.375. The van der Waals surface area contributed by atoms with E-state index in [0.717, 1.165) is 17.4 Å². The number of carbonyl (C=O) groups excluding carboxylic acids is 1. The molecule has 1 heterocycles. The van der Waals surface area contributed by atoms with Gasteiger partial charge >= 0.3 is 5.63 Å². The highest BCUT2D eigenvalue weighted by Crippen LogP contribution is 2.30. The number of hydrogen-bond donors (Lipinski definition) is 1. The minimum absolute atomic E-state index is 0.172. The molecule has 0 saturated carbocycles. The molecule has 0 spiro atoms. The number of aryl methyl sites for hydroxylation is 1. The molecule has 6 nitrogen and oxygen atoms in total. The number of rotatable bonds is 7. The fourth-order valence-corrected chi connectivity index (χ4v) is 2.29. The van der Waals surface area contributed by atoms with Crippen molar-refractivity contribution in [1.82, 2.24) is 5.32 Å². The quantitative estimate of drug-likeness (QED) is 0.618. The molecule has 0 aliphatic heterocycles. The molecule has 1 aromatic carbocycles. The van der Waals surface area contributed by atoms with E-state index >= 15 is 0 Å². The summed E-state index contributed by atoms with van der Waals surface area (Å²) in [4.78, 5) is 23.1. The average Bonchev–Trinajstić information content (AvgIpc) is 2.50. The first-order chi connectivity index (χ1) is 11.0. The van der Waals surface area contributed by atoms with Crippen LogP contribution in [0.1, 0.15) is 12.0 Å². The van der Waals surface area contributed by atoms with Gasteiger partial charge in [0.15, 0.2) is 6.61 Å². The van der Waals surface area contributed by atoms with Gasteiger partial charge in [0, 0.05) is 37.8 Å². The molecule has 2 rings (SSSR count). The van der Waals surface area contributed by atoms with Crippen molar-refractivity contribution in [2.24, 2.45) is 0 Å². The van der Waals surface area contributed by atoms with E-state index in [1.807, 2.05) is 0 Å². The third kappa shape index (κ3) is 4.71. The van der Waals surface area contributed by atoms with E-state index in [1.54, 1.807) is 20.1 Å². The van der Waals surface area contributed by atoms with Crippen molar-refractivity contribution >= 4 is 28.5 Å². The van der Waals surface area contributed by atoms with Crippen LogP contribution in [0.3, 0.4) is 0 Å². The van der Waals surface area contributed by atoms with E-state index in [4.69, 9.17) is 25.5 Å². The number of ether oxygens (including phenoxy) is 2. The lowest BCUT2D eigenvalue weighted by Crippen LogP contribution is -2.30. The van der Waals surface area contributed by atoms with Crippen LogP contribution in [0.2, 0.25) is 5.02 Å². The van der Waals surface area contributed by atoms with Gasteiger partial charge in [-0.25, -0.2) is 4.79 Å². The summed E-state index contributed by atoms with van der Waals surface area (Å²) in [5.41, 5.74) is 0.689. The normalized spacial score (nSPS) is 10.7. The van der Waals surface area contributed by atoms with Crippen LogP contribution in [0.25, 0.3) is 11.0 Å². The second-order valence-corrected chi connectivity index (χ2v) is 5.42. The zero-order chi connectivity index (χ0) is 16.8. The third-order valence-electron chi connectivity index (χ3n) is 3.21. The van der Waals surface area contributed by atoms with Gasteiger partial charge in [0.25, 0.3) is 5.91 Å². The summed E-state index contributed by atoms with van der Waals surface area (Å²) in [6.07, 6.45) is 0.726. The fourth-order valence-electron chi connectivity index (χ4n) is 2.07. The number of hydrogen-bond acceptors (Lipinski definition) is 5. The van der Waals surface area contributed by atoms with Crippen LogP contribution >= 0.6 is 11.6 Å². The lowest BCUT2D eigenvalue weighted by molar-refractivity contribution is -0.123. The highest BCUT2D eigenvalue weighted by molar-refractivity contribution is 6.32. The first kappa shape index (κ1) is 17.3. The average molecular weight is 340 g/mol. The Balaban J connectivity index is 2.04. The zero-order valence-electron chi connectivity index (χ0n) is 13.0. The van der Waals surface area contributed by atoms with Gasteiger partial charge in [-0.05, 0) is 25.0 Å². The van der Waals surface area contributed by atoms with E-state index in [9.17, 15) is 9.59 Å². The molecule has 0 atom stereocenters. The Morgan fingerprint density at radius 1 is 1.35 bits per heavy atom. The third-order valence-corrected chi connectivity index (χ3v) is 3.51. The molecule has 1 amide bonds. The van der Waals surface area contributed by atoms with Gasteiger partial charge < -0.3 is 19.2 Å². The molecular weight excluding hydrogens is 322 g/mol. The van der Waals surface area contributed by atoms with E-state index in [0.29, 0.717) is 29.5 Å². The SMILES string of the molecule is COCCCNC(=O)COc1cc2oc(=O)cc(C)c2cc1Cl. The summed E-state index contributed by atoms with van der Waals surface area (Å²) in [7, 11) is 1.60. The topological polar surface area (TPSA) is 77.8 Å². The van der Waals surface area contributed by atoms with Gasteiger partial charge in [0.2, 0.25) is 0 Å². The van der Waals surface area contributed by atoms with Crippen molar-refractivity contribution in [3.05, 3.63) is 39.2 Å². The zero-order valence-corrected chi connectivity index (χ0v) is 13.7. The van der Waals surface area contributed by atoms with E-state index in [1.165, 1.54) is 12.1 Å². The van der Waals surface area contributed by atoms with Gasteiger partial charge in [-0.15, -0.1) is 0 Å². The van der Waals surface area contributed by atoms with Crippen molar-refractivity contribution in [3.63, 3.8) is 0 Å². The lowest BCUT2D eigenvalue weighted by atomic mass is 10.1. The van der Waals surface area contributed by atoms with Crippen LogP contribution in [0.15, 0.2) is 27.4 Å². The van der Waals surface area contributed by atoms with Crippen LogP contribution in [-0.2, 0) is 9.53 Å². The van der Waals surface area contributed by atoms with Crippen LogP contribution in [-0.4, -0.2) is 32.8 Å². The Labute approximate surface area is 138 Å². The molecule has 23 heavy (non-hydrogen) atoms. The summed E-state index contributed by atoms with van der Waals surface area (Å²) >= 11 is 6.15. The highest BCUT2D eigenvalue weighted by atomic mass is 35.5. The Morgan fingerprint density at radius 2 is 2.13 bits per heavy atom. The molecule has 0 fully saturated rings. The number of halogens is 1. The molecule has 0 radical (unpaired) electrons. The summed E-state index contributed by atoms with van der Waals surface area (Å²) in [5.74, 6) is 0.0305. The molecule has 0 aliphatic carbocycles. The summed E-state index contributed by atoms with van der Waals surface area (Å²) in [6, 6.07) is 4.57. The van der Waals surface area contributed by atoms with Gasteiger partial charge in [0.05, 0.1) is 5.02 Å². The second kappa shape index (κ2) is 7.99. The molecule has 1 N–H and O–H groups in total. The lowest BCUT2D eigenvalue weighted by Gasteiger charge is -2.10. The molecule has 0 saturated heterocycles. The maximum absolute atomic E-state index is 11.7. The minimum atomic E-state index is -0.445. The number of methoxy groups -OCH3 is 1. The van der Waals surface area contributed by atoms with Crippen molar-refractivity contribution in [2.75, 3.05) is 26.9 Å².